The van der Waals surface area contributed by atoms with Gasteiger partial charge in [0.15, 0.2) is 0 Å². The third kappa shape index (κ3) is 4.87. The number of benzene rings is 3. The van der Waals surface area contributed by atoms with Crippen molar-refractivity contribution in [3.05, 3.63) is 105 Å². The van der Waals surface area contributed by atoms with Crippen molar-refractivity contribution >= 4 is 46.7 Å². The Kier molecular flexibility index (Phi) is 6.56. The molecule has 1 aliphatic rings. The summed E-state index contributed by atoms with van der Waals surface area (Å²) in [4.78, 5) is 62.0. The Bertz CT molecular complexity index is 1330. The van der Waals surface area contributed by atoms with Crippen LogP contribution < -0.4 is 5.32 Å². The van der Waals surface area contributed by atoms with Gasteiger partial charge in [-0.3, -0.25) is 34.2 Å². The lowest BCUT2D eigenvalue weighted by atomic mass is 10.1. The van der Waals surface area contributed by atoms with Crippen LogP contribution in [0.4, 0.5) is 11.4 Å². The fourth-order valence-corrected chi connectivity index (χ4v) is 3.71. The van der Waals surface area contributed by atoms with Gasteiger partial charge in [0, 0.05) is 17.3 Å². The molecule has 3 aromatic carbocycles. The molecule has 0 aliphatic carbocycles. The Morgan fingerprint density at radius 3 is 2.17 bits per heavy atom. The first-order chi connectivity index (χ1) is 16.8. The normalized spacial score (nSPS) is 13.2. The highest BCUT2D eigenvalue weighted by Crippen LogP contribution is 2.29. The van der Waals surface area contributed by atoms with Gasteiger partial charge in [-0.15, -0.1) is 0 Å². The highest BCUT2D eigenvalue weighted by Gasteiger charge is 2.37. The fourth-order valence-electron chi connectivity index (χ4n) is 3.52. The quantitative estimate of drug-likeness (QED) is 0.229. The number of nitro benzene ring substituents is 1. The molecular weight excluding hydrogens is 478 g/mol. The Labute approximate surface area is 203 Å². The second-order valence-corrected chi connectivity index (χ2v) is 7.84. The SMILES string of the molecule is O=C(CN1C(=O)c2ccccc2C1=O)OC(C(=O)Nc1ccc(Cl)c([N+](=O)[O-])c1)c1ccccc1. The first-order valence-corrected chi connectivity index (χ1v) is 10.6. The van der Waals surface area contributed by atoms with Gasteiger partial charge < -0.3 is 10.1 Å². The summed E-state index contributed by atoms with van der Waals surface area (Å²) in [5.41, 5.74) is 0.301. The van der Waals surface area contributed by atoms with E-state index in [2.05, 4.69) is 5.32 Å². The predicted octanol–water partition coefficient (Wildman–Crippen LogP) is 3.77. The van der Waals surface area contributed by atoms with E-state index in [4.69, 9.17) is 16.3 Å². The third-order valence-corrected chi connectivity index (χ3v) is 5.49. The minimum absolute atomic E-state index is 0.0587. The summed E-state index contributed by atoms with van der Waals surface area (Å²) < 4.78 is 5.37. The fraction of sp³-hybridized carbons (Fsp3) is 0.0833. The van der Waals surface area contributed by atoms with E-state index in [1.807, 2.05) is 0 Å². The molecule has 4 rings (SSSR count). The highest BCUT2D eigenvalue weighted by atomic mass is 35.5. The van der Waals surface area contributed by atoms with Crippen LogP contribution in [0.2, 0.25) is 5.02 Å². The van der Waals surface area contributed by atoms with E-state index in [1.54, 1.807) is 42.5 Å². The smallest absolute Gasteiger partial charge is 0.327 e. The van der Waals surface area contributed by atoms with Crippen LogP contribution in [-0.4, -0.2) is 40.1 Å². The molecule has 0 bridgehead atoms. The molecule has 3 aromatic rings. The summed E-state index contributed by atoms with van der Waals surface area (Å²) >= 11 is 5.81. The molecule has 0 aromatic heterocycles. The molecule has 176 valence electrons. The standard InChI is InChI=1S/C24H16ClN3O7/c25-18-11-10-15(12-19(18)28(33)34)26-22(30)21(14-6-2-1-3-7-14)35-20(29)13-27-23(31)16-8-4-5-9-17(16)24(27)32/h1-12,21H,13H2,(H,26,30). The molecule has 1 N–H and O–H groups in total. The molecule has 1 aliphatic heterocycles. The lowest BCUT2D eigenvalue weighted by Gasteiger charge is -2.20. The minimum atomic E-state index is -1.46. The van der Waals surface area contributed by atoms with Crippen LogP contribution >= 0.6 is 11.6 Å². The van der Waals surface area contributed by atoms with Crippen LogP contribution in [0.15, 0.2) is 72.8 Å². The number of esters is 1. The van der Waals surface area contributed by atoms with Crippen molar-refractivity contribution in [1.82, 2.24) is 4.90 Å². The lowest BCUT2D eigenvalue weighted by Crippen LogP contribution is -2.37. The monoisotopic (exact) mass is 493 g/mol. The van der Waals surface area contributed by atoms with Gasteiger partial charge in [-0.05, 0) is 24.3 Å². The second kappa shape index (κ2) is 9.74. The van der Waals surface area contributed by atoms with Crippen molar-refractivity contribution in [2.75, 3.05) is 11.9 Å². The first-order valence-electron chi connectivity index (χ1n) is 10.2. The van der Waals surface area contributed by atoms with E-state index in [9.17, 15) is 29.3 Å². The van der Waals surface area contributed by atoms with E-state index in [0.29, 0.717) is 5.56 Å². The average Bonchev–Trinajstić information content (AvgIpc) is 3.09. The number of carbonyl (C=O) groups is 4. The summed E-state index contributed by atoms with van der Waals surface area (Å²) in [6.07, 6.45) is -1.46. The van der Waals surface area contributed by atoms with E-state index in [1.165, 1.54) is 24.3 Å². The number of rotatable bonds is 7. The molecule has 3 amide bonds. The molecule has 1 heterocycles. The molecule has 0 spiro atoms. The van der Waals surface area contributed by atoms with Gasteiger partial charge >= 0.3 is 5.97 Å². The van der Waals surface area contributed by atoms with Gasteiger partial charge in [0.25, 0.3) is 23.4 Å². The van der Waals surface area contributed by atoms with Crippen LogP contribution in [0, 0.1) is 10.1 Å². The van der Waals surface area contributed by atoms with E-state index in [-0.39, 0.29) is 21.8 Å². The number of nitrogens with zero attached hydrogens (tertiary/aromatic N) is 2. The molecular formula is C24H16ClN3O7. The maximum atomic E-state index is 13.0. The van der Waals surface area contributed by atoms with Crippen LogP contribution in [0.5, 0.6) is 0 Å². The van der Waals surface area contributed by atoms with Gasteiger partial charge in [-0.1, -0.05) is 54.1 Å². The number of ether oxygens (including phenoxy) is 1. The largest absolute Gasteiger partial charge is 0.446 e. The Morgan fingerprint density at radius 1 is 0.971 bits per heavy atom. The van der Waals surface area contributed by atoms with Crippen molar-refractivity contribution in [2.24, 2.45) is 0 Å². The average molecular weight is 494 g/mol. The predicted molar refractivity (Wildman–Crippen MR) is 124 cm³/mol. The molecule has 35 heavy (non-hydrogen) atoms. The first kappa shape index (κ1) is 23.6. The maximum Gasteiger partial charge on any atom is 0.327 e. The lowest BCUT2D eigenvalue weighted by molar-refractivity contribution is -0.384. The van der Waals surface area contributed by atoms with Gasteiger partial charge in [-0.2, -0.15) is 0 Å². The van der Waals surface area contributed by atoms with Crippen molar-refractivity contribution in [3.8, 4) is 0 Å². The van der Waals surface area contributed by atoms with Crippen LogP contribution in [0.3, 0.4) is 0 Å². The zero-order valence-corrected chi connectivity index (χ0v) is 18.6. The van der Waals surface area contributed by atoms with E-state index >= 15 is 0 Å². The zero-order valence-electron chi connectivity index (χ0n) is 17.8. The molecule has 11 heteroatoms. The zero-order chi connectivity index (χ0) is 25.1. The molecule has 10 nitrogen and oxygen atoms in total. The summed E-state index contributed by atoms with van der Waals surface area (Å²) in [6.45, 7) is -0.699. The maximum absolute atomic E-state index is 13.0. The van der Waals surface area contributed by atoms with Crippen molar-refractivity contribution < 1.29 is 28.8 Å². The number of nitro groups is 1. The Hall–Kier alpha value is -4.57. The second-order valence-electron chi connectivity index (χ2n) is 7.44. The number of nitrogens with one attached hydrogen (secondary N) is 1. The summed E-state index contributed by atoms with van der Waals surface area (Å²) in [6, 6.07) is 17.9. The topological polar surface area (TPSA) is 136 Å². The number of anilines is 1. The Morgan fingerprint density at radius 2 is 1.57 bits per heavy atom. The number of fused-ring (bicyclic) bond motifs is 1. The van der Waals surface area contributed by atoms with Crippen LogP contribution in [-0.2, 0) is 14.3 Å². The number of amides is 3. The number of halogens is 1. The van der Waals surface area contributed by atoms with Crippen LogP contribution in [0.25, 0.3) is 0 Å². The van der Waals surface area contributed by atoms with Gasteiger partial charge in [0.05, 0.1) is 16.1 Å². The number of carbonyl (C=O) groups excluding carboxylic acids is 4. The molecule has 1 atom stereocenters. The number of hydrogen-bond donors (Lipinski definition) is 1. The summed E-state index contributed by atoms with van der Waals surface area (Å²) in [7, 11) is 0. The number of hydrogen-bond acceptors (Lipinski definition) is 7. The Balaban J connectivity index is 1.53. The van der Waals surface area contributed by atoms with E-state index < -0.39 is 47.0 Å². The summed E-state index contributed by atoms with van der Waals surface area (Å²) in [5.74, 6) is -3.08. The van der Waals surface area contributed by atoms with Gasteiger partial charge in [-0.25, -0.2) is 0 Å². The van der Waals surface area contributed by atoms with Crippen LogP contribution in [0.1, 0.15) is 32.4 Å². The highest BCUT2D eigenvalue weighted by molar-refractivity contribution is 6.32. The molecule has 0 saturated carbocycles. The molecule has 0 radical (unpaired) electrons. The van der Waals surface area contributed by atoms with Crippen molar-refractivity contribution in [3.63, 3.8) is 0 Å². The van der Waals surface area contributed by atoms with Gasteiger partial charge in [0.1, 0.15) is 11.6 Å². The van der Waals surface area contributed by atoms with Gasteiger partial charge in [0.2, 0.25) is 6.10 Å². The molecule has 0 fully saturated rings. The summed E-state index contributed by atoms with van der Waals surface area (Å²) in [5, 5.41) is 13.5. The molecule has 1 unspecified atom stereocenters. The number of imide groups is 1. The van der Waals surface area contributed by atoms with E-state index in [0.717, 1.165) is 11.0 Å². The third-order valence-electron chi connectivity index (χ3n) is 5.17. The minimum Gasteiger partial charge on any atom is -0.446 e. The molecule has 0 saturated heterocycles. The van der Waals surface area contributed by atoms with Crippen molar-refractivity contribution in [2.45, 2.75) is 6.10 Å². The van der Waals surface area contributed by atoms with Crippen molar-refractivity contribution in [1.29, 1.82) is 0 Å².